The summed E-state index contributed by atoms with van der Waals surface area (Å²) in [4.78, 5) is 25.3. The van der Waals surface area contributed by atoms with Crippen molar-refractivity contribution in [3.8, 4) is 0 Å². The van der Waals surface area contributed by atoms with Crippen molar-refractivity contribution in [3.63, 3.8) is 0 Å². The fourth-order valence-electron chi connectivity index (χ4n) is 2.64. The van der Waals surface area contributed by atoms with Gasteiger partial charge < -0.3 is 15.1 Å². The largest absolute Gasteiger partial charge is 0.468 e. The summed E-state index contributed by atoms with van der Waals surface area (Å²) >= 11 is 0. The van der Waals surface area contributed by atoms with Gasteiger partial charge in [0.2, 0.25) is 21.8 Å². The molecule has 0 saturated heterocycles. The number of hydrogen-bond donors (Lipinski definition) is 3. The lowest BCUT2D eigenvalue weighted by Crippen LogP contribution is -2.46. The number of sulfonamides is 1. The molecule has 9 nitrogen and oxygen atoms in total. The molecule has 3 N–H and O–H groups in total. The van der Waals surface area contributed by atoms with Gasteiger partial charge >= 0.3 is 0 Å². The number of nitrogens with zero attached hydrogens (tertiary/aromatic N) is 1. The fraction of sp³-hybridized carbons (Fsp3) is 0.368. The third-order valence-corrected chi connectivity index (χ3v) is 5.73. The third-order valence-electron chi connectivity index (χ3n) is 4.17. The molecule has 158 valence electrons. The lowest BCUT2D eigenvalue weighted by molar-refractivity contribution is -0.122. The molecule has 1 heterocycles. The highest BCUT2D eigenvalue weighted by Gasteiger charge is 2.24. The van der Waals surface area contributed by atoms with Gasteiger partial charge in [-0.25, -0.2) is 8.42 Å². The monoisotopic (exact) mass is 422 g/mol. The number of carbonyl (C=O) groups is 2. The Labute approximate surface area is 170 Å². The standard InChI is InChI=1S/C19H26N4O5S/c1-13(19(25)20-12-17(23(3)4)18-6-5-11-28-18)22-29(26,27)16-9-7-15(8-10-16)21-14(2)24/h5-11,13,17,22H,12H2,1-4H3,(H,20,25)(H,21,24)/t13-,17-/m0/s1. The average molecular weight is 423 g/mol. The molecular weight excluding hydrogens is 396 g/mol. The van der Waals surface area contributed by atoms with Crippen molar-refractivity contribution in [1.82, 2.24) is 14.9 Å². The van der Waals surface area contributed by atoms with Crippen molar-refractivity contribution in [2.45, 2.75) is 30.8 Å². The topological polar surface area (TPSA) is 121 Å². The van der Waals surface area contributed by atoms with Gasteiger partial charge in [0.25, 0.3) is 0 Å². The van der Waals surface area contributed by atoms with Gasteiger partial charge in [-0.1, -0.05) is 0 Å². The van der Waals surface area contributed by atoms with Crippen molar-refractivity contribution >= 4 is 27.5 Å². The van der Waals surface area contributed by atoms with Crippen molar-refractivity contribution in [2.24, 2.45) is 0 Å². The zero-order valence-corrected chi connectivity index (χ0v) is 17.6. The zero-order chi connectivity index (χ0) is 21.6. The Bertz CT molecular complexity index is 924. The van der Waals surface area contributed by atoms with E-state index in [1.807, 2.05) is 25.1 Å². The maximum atomic E-state index is 12.5. The van der Waals surface area contributed by atoms with Crippen LogP contribution in [0.3, 0.4) is 0 Å². The first-order valence-corrected chi connectivity index (χ1v) is 10.5. The molecule has 0 aliphatic heterocycles. The number of hydrogen-bond acceptors (Lipinski definition) is 6. The number of nitrogens with one attached hydrogen (secondary N) is 3. The Morgan fingerprint density at radius 3 is 2.31 bits per heavy atom. The average Bonchev–Trinajstić information content (AvgIpc) is 3.15. The molecule has 10 heteroatoms. The van der Waals surface area contributed by atoms with Crippen LogP contribution in [0.4, 0.5) is 5.69 Å². The Morgan fingerprint density at radius 1 is 1.14 bits per heavy atom. The number of furan rings is 1. The number of rotatable bonds is 9. The molecule has 1 aromatic heterocycles. The Hall–Kier alpha value is -2.69. The molecule has 0 aliphatic rings. The van der Waals surface area contributed by atoms with E-state index >= 15 is 0 Å². The second kappa shape index (κ2) is 9.68. The van der Waals surface area contributed by atoms with Crippen molar-refractivity contribution < 1.29 is 22.4 Å². The van der Waals surface area contributed by atoms with Crippen molar-refractivity contribution in [1.29, 1.82) is 0 Å². The summed E-state index contributed by atoms with van der Waals surface area (Å²) in [5.41, 5.74) is 0.481. The maximum Gasteiger partial charge on any atom is 0.241 e. The fourth-order valence-corrected chi connectivity index (χ4v) is 3.85. The summed E-state index contributed by atoms with van der Waals surface area (Å²) in [7, 11) is -0.186. The van der Waals surface area contributed by atoms with E-state index in [4.69, 9.17) is 4.42 Å². The molecule has 0 radical (unpaired) electrons. The number of likely N-dealkylation sites (N-methyl/N-ethyl adjacent to an activating group) is 1. The quantitative estimate of drug-likeness (QED) is 0.561. The van der Waals surface area contributed by atoms with Crippen molar-refractivity contribution in [3.05, 3.63) is 48.4 Å². The van der Waals surface area contributed by atoms with Crippen LogP contribution in [0, 0.1) is 0 Å². The lowest BCUT2D eigenvalue weighted by atomic mass is 10.2. The molecule has 1 aromatic carbocycles. The van der Waals surface area contributed by atoms with E-state index in [0.29, 0.717) is 11.4 Å². The summed E-state index contributed by atoms with van der Waals surface area (Å²) in [5.74, 6) is -0.0146. The lowest BCUT2D eigenvalue weighted by Gasteiger charge is -2.23. The normalized spacial score (nSPS) is 13.7. The van der Waals surface area contributed by atoms with Crippen LogP contribution in [0.2, 0.25) is 0 Å². The molecule has 0 bridgehead atoms. The van der Waals surface area contributed by atoms with Gasteiger partial charge in [0.1, 0.15) is 5.76 Å². The van der Waals surface area contributed by atoms with Crippen LogP contribution in [-0.4, -0.2) is 51.8 Å². The van der Waals surface area contributed by atoms with E-state index in [1.54, 1.807) is 12.3 Å². The molecule has 0 fully saturated rings. The molecule has 0 saturated carbocycles. The molecule has 2 rings (SSSR count). The van der Waals surface area contributed by atoms with Gasteiger partial charge in [-0.05, 0) is 57.4 Å². The van der Waals surface area contributed by atoms with E-state index < -0.39 is 22.0 Å². The second-order valence-electron chi connectivity index (χ2n) is 6.79. The first-order chi connectivity index (χ1) is 13.6. The minimum absolute atomic E-state index is 0.00648. The third kappa shape index (κ3) is 6.41. The molecule has 0 aliphatic carbocycles. The predicted octanol–water partition coefficient (Wildman–Crippen LogP) is 1.32. The molecular formula is C19H26N4O5S. The highest BCUT2D eigenvalue weighted by atomic mass is 32.2. The molecule has 2 atom stereocenters. The van der Waals surface area contributed by atoms with Crippen LogP contribution < -0.4 is 15.4 Å². The van der Waals surface area contributed by atoms with E-state index in [0.717, 1.165) is 0 Å². The Morgan fingerprint density at radius 2 is 1.79 bits per heavy atom. The molecule has 0 spiro atoms. The Kier molecular flexibility index (Phi) is 7.54. The number of benzene rings is 1. The molecule has 0 unspecified atom stereocenters. The van der Waals surface area contributed by atoms with E-state index in [-0.39, 0.29) is 23.4 Å². The first-order valence-electron chi connectivity index (χ1n) is 8.97. The molecule has 29 heavy (non-hydrogen) atoms. The summed E-state index contributed by atoms with van der Waals surface area (Å²) in [6, 6.07) is 8.09. The number of carbonyl (C=O) groups excluding carboxylic acids is 2. The highest BCUT2D eigenvalue weighted by Crippen LogP contribution is 2.18. The van der Waals surface area contributed by atoms with Gasteiger partial charge in [0.05, 0.1) is 23.2 Å². The summed E-state index contributed by atoms with van der Waals surface area (Å²) in [6.45, 7) is 3.09. The molecule has 2 aromatic rings. The van der Waals surface area contributed by atoms with Crippen LogP contribution in [0.1, 0.15) is 25.6 Å². The van der Waals surface area contributed by atoms with Crippen LogP contribution >= 0.6 is 0 Å². The van der Waals surface area contributed by atoms with Gasteiger partial charge in [0.15, 0.2) is 0 Å². The van der Waals surface area contributed by atoms with E-state index in [1.165, 1.54) is 38.1 Å². The zero-order valence-electron chi connectivity index (χ0n) is 16.8. The summed E-state index contributed by atoms with van der Waals surface area (Å²) in [6.07, 6.45) is 1.56. The summed E-state index contributed by atoms with van der Waals surface area (Å²) in [5, 5.41) is 5.30. The van der Waals surface area contributed by atoms with Gasteiger partial charge in [-0.2, -0.15) is 4.72 Å². The van der Waals surface area contributed by atoms with Crippen LogP contribution in [0.5, 0.6) is 0 Å². The van der Waals surface area contributed by atoms with E-state index in [2.05, 4.69) is 15.4 Å². The van der Waals surface area contributed by atoms with Crippen LogP contribution in [0.25, 0.3) is 0 Å². The minimum atomic E-state index is -3.90. The van der Waals surface area contributed by atoms with Crippen LogP contribution in [-0.2, 0) is 19.6 Å². The van der Waals surface area contributed by atoms with Gasteiger partial charge in [0, 0.05) is 19.2 Å². The number of anilines is 1. The maximum absolute atomic E-state index is 12.5. The van der Waals surface area contributed by atoms with Crippen LogP contribution in [0.15, 0.2) is 52.0 Å². The first kappa shape index (κ1) is 22.6. The highest BCUT2D eigenvalue weighted by molar-refractivity contribution is 7.89. The minimum Gasteiger partial charge on any atom is -0.468 e. The molecule has 2 amide bonds. The SMILES string of the molecule is CC(=O)Nc1ccc(S(=O)(=O)N[C@@H](C)C(=O)NC[C@@H](c2ccco2)N(C)C)cc1. The smallest absolute Gasteiger partial charge is 0.241 e. The Balaban J connectivity index is 1.97. The van der Waals surface area contributed by atoms with E-state index in [9.17, 15) is 18.0 Å². The van der Waals surface area contributed by atoms with Crippen molar-refractivity contribution in [2.75, 3.05) is 26.0 Å². The van der Waals surface area contributed by atoms with Gasteiger partial charge in [-0.15, -0.1) is 0 Å². The second-order valence-corrected chi connectivity index (χ2v) is 8.50. The summed E-state index contributed by atoms with van der Waals surface area (Å²) < 4.78 is 32.8. The number of amides is 2. The predicted molar refractivity (Wildman–Crippen MR) is 109 cm³/mol. The van der Waals surface area contributed by atoms with Gasteiger partial charge in [-0.3, -0.25) is 14.5 Å².